The third kappa shape index (κ3) is 2.75. The topological polar surface area (TPSA) is 102 Å². The zero-order chi connectivity index (χ0) is 13.8. The van der Waals surface area contributed by atoms with E-state index in [1.165, 1.54) is 30.6 Å². The van der Waals surface area contributed by atoms with Gasteiger partial charge in [0.25, 0.3) is 5.88 Å². The van der Waals surface area contributed by atoms with Crippen molar-refractivity contribution in [1.82, 2.24) is 9.97 Å². The summed E-state index contributed by atoms with van der Waals surface area (Å²) in [6, 6.07) is 5.63. The first-order valence-corrected chi connectivity index (χ1v) is 5.32. The highest BCUT2D eigenvalue weighted by atomic mass is 35.5. The van der Waals surface area contributed by atoms with Crippen LogP contribution in [0.15, 0.2) is 30.6 Å². The summed E-state index contributed by atoms with van der Waals surface area (Å²) < 4.78 is 5.25. The lowest BCUT2D eigenvalue weighted by Crippen LogP contribution is -1.97. The molecule has 0 atom stereocenters. The fourth-order valence-electron chi connectivity index (χ4n) is 1.30. The number of aromatic nitrogens is 2. The lowest BCUT2D eigenvalue weighted by atomic mass is 10.3. The number of nitriles is 1. The predicted octanol–water partition coefficient (Wildman–Crippen LogP) is 2.70. The Bertz CT molecular complexity index is 684. The highest BCUT2D eigenvalue weighted by molar-refractivity contribution is 6.30. The smallest absolute Gasteiger partial charge is 0.311 e. The van der Waals surface area contributed by atoms with Crippen LogP contribution < -0.4 is 4.74 Å². The lowest BCUT2D eigenvalue weighted by Gasteiger charge is -2.06. The van der Waals surface area contributed by atoms with Gasteiger partial charge < -0.3 is 4.74 Å². The molecule has 0 amide bonds. The van der Waals surface area contributed by atoms with Gasteiger partial charge in [-0.05, 0) is 6.07 Å². The summed E-state index contributed by atoms with van der Waals surface area (Å²) in [4.78, 5) is 17.8. The van der Waals surface area contributed by atoms with E-state index in [9.17, 15) is 10.1 Å². The Balaban J connectivity index is 2.46. The Morgan fingerprint density at radius 1 is 1.37 bits per heavy atom. The molecule has 0 N–H and O–H groups in total. The van der Waals surface area contributed by atoms with Crippen molar-refractivity contribution in [2.75, 3.05) is 0 Å². The van der Waals surface area contributed by atoms with Crippen LogP contribution in [0.1, 0.15) is 5.69 Å². The van der Waals surface area contributed by atoms with Crippen LogP contribution in [0.4, 0.5) is 5.69 Å². The molecular weight excluding hydrogens is 272 g/mol. The summed E-state index contributed by atoms with van der Waals surface area (Å²) in [5.74, 6) is -0.218. The van der Waals surface area contributed by atoms with E-state index in [1.54, 1.807) is 6.07 Å². The highest BCUT2D eigenvalue weighted by Gasteiger charge is 2.18. The van der Waals surface area contributed by atoms with Gasteiger partial charge >= 0.3 is 5.69 Å². The van der Waals surface area contributed by atoms with Crippen molar-refractivity contribution in [3.63, 3.8) is 0 Å². The number of hydrogen-bond acceptors (Lipinski definition) is 6. The van der Waals surface area contributed by atoms with E-state index >= 15 is 0 Å². The van der Waals surface area contributed by atoms with E-state index in [0.717, 1.165) is 0 Å². The summed E-state index contributed by atoms with van der Waals surface area (Å²) in [6.07, 6.45) is 2.63. The van der Waals surface area contributed by atoms with E-state index in [1.807, 2.05) is 0 Å². The maximum atomic E-state index is 10.9. The van der Waals surface area contributed by atoms with Gasteiger partial charge in [0.2, 0.25) is 11.4 Å². The number of benzene rings is 1. The molecule has 0 aliphatic rings. The van der Waals surface area contributed by atoms with Gasteiger partial charge in [0, 0.05) is 29.5 Å². The first kappa shape index (κ1) is 12.7. The summed E-state index contributed by atoms with van der Waals surface area (Å²) >= 11 is 5.76. The van der Waals surface area contributed by atoms with E-state index in [-0.39, 0.29) is 28.0 Å². The Kier molecular flexibility index (Phi) is 3.54. The van der Waals surface area contributed by atoms with Crippen LogP contribution in [0.5, 0.6) is 11.6 Å². The van der Waals surface area contributed by atoms with Crippen LogP contribution in [0, 0.1) is 21.4 Å². The molecule has 1 aromatic heterocycles. The molecule has 2 rings (SSSR count). The van der Waals surface area contributed by atoms with Gasteiger partial charge in [0.05, 0.1) is 4.92 Å². The molecule has 0 bridgehead atoms. The summed E-state index contributed by atoms with van der Waals surface area (Å²) in [6.45, 7) is 0. The molecule has 0 aliphatic heterocycles. The Labute approximate surface area is 112 Å². The SMILES string of the molecule is N#Cc1nccnc1Oc1cc(Cl)ccc1[N+](=O)[O-]. The zero-order valence-electron chi connectivity index (χ0n) is 9.28. The molecule has 7 nitrogen and oxygen atoms in total. The fourth-order valence-corrected chi connectivity index (χ4v) is 1.46. The number of ether oxygens (including phenoxy) is 1. The largest absolute Gasteiger partial charge is 0.429 e. The van der Waals surface area contributed by atoms with Crippen molar-refractivity contribution >= 4 is 17.3 Å². The molecule has 0 unspecified atom stereocenters. The summed E-state index contributed by atoms with van der Waals surface area (Å²) in [5, 5.41) is 20.0. The molecule has 0 fully saturated rings. The molecule has 0 spiro atoms. The second-order valence-corrected chi connectivity index (χ2v) is 3.73. The first-order valence-electron chi connectivity index (χ1n) is 4.94. The number of nitro benzene ring substituents is 1. The molecule has 1 aromatic carbocycles. The van der Waals surface area contributed by atoms with Crippen molar-refractivity contribution in [3.8, 4) is 17.7 Å². The standard InChI is InChI=1S/C11H5ClN4O3/c12-7-1-2-9(16(17)18)10(5-7)19-11-8(6-13)14-3-4-15-11/h1-5H. The van der Waals surface area contributed by atoms with E-state index in [2.05, 4.69) is 9.97 Å². The number of nitro groups is 1. The monoisotopic (exact) mass is 276 g/mol. The maximum absolute atomic E-state index is 10.9. The van der Waals surface area contributed by atoms with Gasteiger partial charge in [0.1, 0.15) is 6.07 Å². The minimum atomic E-state index is -0.617. The zero-order valence-corrected chi connectivity index (χ0v) is 10.0. The van der Waals surface area contributed by atoms with Gasteiger partial charge in [-0.15, -0.1) is 0 Å². The first-order chi connectivity index (χ1) is 9.11. The number of rotatable bonds is 3. The van der Waals surface area contributed by atoms with Crippen LogP contribution in [-0.4, -0.2) is 14.9 Å². The van der Waals surface area contributed by atoms with Crippen molar-refractivity contribution < 1.29 is 9.66 Å². The van der Waals surface area contributed by atoms with Crippen molar-refractivity contribution in [1.29, 1.82) is 5.26 Å². The van der Waals surface area contributed by atoms with Crippen LogP contribution in [0.2, 0.25) is 5.02 Å². The Morgan fingerprint density at radius 2 is 2.11 bits per heavy atom. The second-order valence-electron chi connectivity index (χ2n) is 3.29. The van der Waals surface area contributed by atoms with Gasteiger partial charge in [-0.1, -0.05) is 11.6 Å². The second kappa shape index (κ2) is 5.29. The molecule has 19 heavy (non-hydrogen) atoms. The van der Waals surface area contributed by atoms with Crippen molar-refractivity contribution in [2.24, 2.45) is 0 Å². The van der Waals surface area contributed by atoms with Crippen LogP contribution >= 0.6 is 11.6 Å². The molecule has 1 heterocycles. The van der Waals surface area contributed by atoms with E-state index in [4.69, 9.17) is 21.6 Å². The Hall–Kier alpha value is -2.72. The molecule has 0 saturated carbocycles. The maximum Gasteiger partial charge on any atom is 0.311 e. The number of halogens is 1. The van der Waals surface area contributed by atoms with Crippen LogP contribution in [0.3, 0.4) is 0 Å². The van der Waals surface area contributed by atoms with Gasteiger partial charge in [-0.2, -0.15) is 5.26 Å². The third-order valence-corrected chi connectivity index (χ3v) is 2.33. The van der Waals surface area contributed by atoms with E-state index in [0.29, 0.717) is 0 Å². The molecule has 0 aliphatic carbocycles. The predicted molar refractivity (Wildman–Crippen MR) is 64.9 cm³/mol. The van der Waals surface area contributed by atoms with Crippen LogP contribution in [-0.2, 0) is 0 Å². The Morgan fingerprint density at radius 3 is 2.79 bits per heavy atom. The average molecular weight is 277 g/mol. The molecule has 2 aromatic rings. The highest BCUT2D eigenvalue weighted by Crippen LogP contribution is 2.33. The molecule has 94 valence electrons. The van der Waals surface area contributed by atoms with Gasteiger partial charge in [-0.25, -0.2) is 9.97 Å². The lowest BCUT2D eigenvalue weighted by molar-refractivity contribution is -0.385. The summed E-state index contributed by atoms with van der Waals surface area (Å²) in [7, 11) is 0. The van der Waals surface area contributed by atoms with Crippen molar-refractivity contribution in [3.05, 3.63) is 51.4 Å². The molecular formula is C11H5ClN4O3. The third-order valence-electron chi connectivity index (χ3n) is 2.10. The fraction of sp³-hybridized carbons (Fsp3) is 0. The summed E-state index contributed by atoms with van der Waals surface area (Å²) in [5.41, 5.74) is -0.351. The molecule has 0 radical (unpaired) electrons. The minimum absolute atomic E-state index is 0.0724. The van der Waals surface area contributed by atoms with Gasteiger partial charge in [-0.3, -0.25) is 10.1 Å². The molecule has 8 heteroatoms. The number of hydrogen-bond donors (Lipinski definition) is 0. The van der Waals surface area contributed by atoms with Crippen molar-refractivity contribution in [2.45, 2.75) is 0 Å². The van der Waals surface area contributed by atoms with E-state index < -0.39 is 4.92 Å². The normalized spacial score (nSPS) is 9.68. The van der Waals surface area contributed by atoms with Crippen LogP contribution in [0.25, 0.3) is 0 Å². The molecule has 0 saturated heterocycles. The minimum Gasteiger partial charge on any atom is -0.429 e. The van der Waals surface area contributed by atoms with Gasteiger partial charge in [0.15, 0.2) is 0 Å². The average Bonchev–Trinajstić information content (AvgIpc) is 2.39. The number of nitrogens with zero attached hydrogens (tertiary/aromatic N) is 4. The quantitative estimate of drug-likeness (QED) is 0.631.